The smallest absolute Gasteiger partial charge is 0.174 e. The Balaban J connectivity index is 1.23. The largest absolute Gasteiger partial charge is 0.415 e. The molecule has 3 saturated heterocycles. The van der Waals surface area contributed by atoms with Gasteiger partial charge in [0.1, 0.15) is 0 Å². The minimum Gasteiger partial charge on any atom is -0.415 e. The molecule has 3 nitrogen and oxygen atoms in total. The third kappa shape index (κ3) is 4.08. The quantitative estimate of drug-likeness (QED) is 0.399. The molecule has 5 aliphatic rings. The third-order valence-electron chi connectivity index (χ3n) is 9.55. The van der Waals surface area contributed by atoms with Crippen LogP contribution in [0.5, 0.6) is 0 Å². The van der Waals surface area contributed by atoms with Crippen LogP contribution in [0.25, 0.3) is 0 Å². The molecule has 0 N–H and O–H groups in total. The van der Waals surface area contributed by atoms with Crippen LogP contribution in [0.3, 0.4) is 0 Å². The van der Waals surface area contributed by atoms with Gasteiger partial charge in [-0.05, 0) is 95.6 Å². The fourth-order valence-corrected chi connectivity index (χ4v) is 13.5. The molecule has 0 amide bonds. The van der Waals surface area contributed by atoms with Crippen LogP contribution >= 0.6 is 0 Å². The average Bonchev–Trinajstić information content (AvgIpc) is 3.55. The summed E-state index contributed by atoms with van der Waals surface area (Å²) in [6.45, 7) is 10.3. The van der Waals surface area contributed by atoms with Gasteiger partial charge in [-0.3, -0.25) is 0 Å². The van der Waals surface area contributed by atoms with Crippen LogP contribution in [0.2, 0.25) is 32.2 Å². The molecular formula is C23H42O3Si2. The highest BCUT2D eigenvalue weighted by molar-refractivity contribution is 7.38. The molecule has 2 saturated carbocycles. The van der Waals surface area contributed by atoms with Gasteiger partial charge in [-0.25, -0.2) is 0 Å². The predicted molar refractivity (Wildman–Crippen MR) is 119 cm³/mol. The molecule has 0 aromatic carbocycles. The lowest BCUT2D eigenvalue weighted by Crippen LogP contribution is -2.65. The minimum atomic E-state index is -1.55. The van der Waals surface area contributed by atoms with Gasteiger partial charge in [-0.1, -0.05) is 19.1 Å². The molecule has 160 valence electrons. The van der Waals surface area contributed by atoms with Gasteiger partial charge in [0.05, 0.1) is 37.6 Å². The number of hydrogen-bond acceptors (Lipinski definition) is 3. The first-order valence-corrected chi connectivity index (χ1v) is 19.4. The van der Waals surface area contributed by atoms with Gasteiger partial charge in [0.25, 0.3) is 0 Å². The highest BCUT2D eigenvalue weighted by Gasteiger charge is 2.53. The monoisotopic (exact) mass is 422 g/mol. The highest BCUT2D eigenvalue weighted by Crippen LogP contribution is 2.48. The lowest BCUT2D eigenvalue weighted by atomic mass is 9.78. The topological polar surface area (TPSA) is 34.3 Å². The Bertz CT molecular complexity index is 560. The maximum Gasteiger partial charge on any atom is 0.174 e. The molecule has 3 aliphatic heterocycles. The van der Waals surface area contributed by atoms with Gasteiger partial charge in [-0.2, -0.15) is 0 Å². The zero-order valence-corrected chi connectivity index (χ0v) is 20.7. The van der Waals surface area contributed by atoms with E-state index in [2.05, 4.69) is 26.2 Å². The van der Waals surface area contributed by atoms with E-state index in [9.17, 15) is 0 Å². The summed E-state index contributed by atoms with van der Waals surface area (Å²) in [6, 6.07) is 1.49. The lowest BCUT2D eigenvalue weighted by molar-refractivity contribution is 0.0202. The van der Waals surface area contributed by atoms with Crippen molar-refractivity contribution in [1.29, 1.82) is 0 Å². The van der Waals surface area contributed by atoms with Crippen molar-refractivity contribution in [3.8, 4) is 0 Å². The molecule has 3 heterocycles. The van der Waals surface area contributed by atoms with E-state index < -0.39 is 15.4 Å². The molecule has 6 atom stereocenters. The SMILES string of the molecule is C[Si]1(C)CCC(CCC2CCC3OC3C2)(CCC2CCC3OC3C2)O[Si]1(C)C. The molecule has 0 radical (unpaired) electrons. The van der Waals surface area contributed by atoms with E-state index in [0.717, 1.165) is 11.8 Å². The zero-order chi connectivity index (χ0) is 19.6. The Morgan fingerprint density at radius 1 is 0.750 bits per heavy atom. The number of ether oxygens (including phenoxy) is 2. The minimum absolute atomic E-state index is 0.195. The van der Waals surface area contributed by atoms with Gasteiger partial charge in [0.15, 0.2) is 7.83 Å². The van der Waals surface area contributed by atoms with Gasteiger partial charge in [0, 0.05) is 0 Å². The second-order valence-electron chi connectivity index (χ2n) is 12.0. The van der Waals surface area contributed by atoms with Gasteiger partial charge < -0.3 is 13.9 Å². The van der Waals surface area contributed by atoms with E-state index in [1.54, 1.807) is 0 Å². The Hall–Kier alpha value is 0.314. The van der Waals surface area contributed by atoms with Crippen molar-refractivity contribution in [1.82, 2.24) is 0 Å². The molecule has 28 heavy (non-hydrogen) atoms. The number of epoxide rings is 2. The van der Waals surface area contributed by atoms with Crippen LogP contribution in [0.1, 0.15) is 70.6 Å². The Morgan fingerprint density at radius 3 is 1.75 bits per heavy atom. The van der Waals surface area contributed by atoms with Gasteiger partial charge >= 0.3 is 0 Å². The van der Waals surface area contributed by atoms with Crippen LogP contribution in [0, 0.1) is 11.8 Å². The molecular weight excluding hydrogens is 380 g/mol. The summed E-state index contributed by atoms with van der Waals surface area (Å²) < 4.78 is 18.9. The maximum absolute atomic E-state index is 7.27. The van der Waals surface area contributed by atoms with Crippen LogP contribution in [-0.4, -0.2) is 45.4 Å². The van der Waals surface area contributed by atoms with Crippen molar-refractivity contribution < 1.29 is 13.9 Å². The van der Waals surface area contributed by atoms with Crippen LogP contribution in [0.15, 0.2) is 0 Å². The van der Waals surface area contributed by atoms with Crippen molar-refractivity contribution >= 4 is 15.4 Å². The molecule has 0 bridgehead atoms. The lowest BCUT2D eigenvalue weighted by Gasteiger charge is -2.53. The van der Waals surface area contributed by atoms with Crippen molar-refractivity contribution in [2.75, 3.05) is 0 Å². The van der Waals surface area contributed by atoms with Crippen molar-refractivity contribution in [2.45, 2.75) is 133 Å². The molecule has 5 fully saturated rings. The number of fused-ring (bicyclic) bond motifs is 2. The summed E-state index contributed by atoms with van der Waals surface area (Å²) in [5.74, 6) is 1.77. The molecule has 6 unspecified atom stereocenters. The van der Waals surface area contributed by atoms with E-state index in [-0.39, 0.29) is 5.60 Å². The second kappa shape index (κ2) is 7.18. The molecule has 0 aromatic heterocycles. The van der Waals surface area contributed by atoms with Gasteiger partial charge in [0.2, 0.25) is 0 Å². The highest BCUT2D eigenvalue weighted by atomic mass is 29.3. The summed E-state index contributed by atoms with van der Waals surface area (Å²) in [6.07, 6.45) is 17.3. The number of hydrogen-bond donors (Lipinski definition) is 0. The second-order valence-corrected chi connectivity index (χ2v) is 27.2. The van der Waals surface area contributed by atoms with E-state index in [1.165, 1.54) is 76.7 Å². The molecule has 0 spiro atoms. The summed E-state index contributed by atoms with van der Waals surface area (Å²) >= 11 is 0. The predicted octanol–water partition coefficient (Wildman–Crippen LogP) is 5.83. The molecule has 0 aromatic rings. The summed E-state index contributed by atoms with van der Waals surface area (Å²) in [5, 5.41) is 0. The molecule has 5 heteroatoms. The normalized spacial score (nSPS) is 48.4. The van der Waals surface area contributed by atoms with Crippen LogP contribution < -0.4 is 0 Å². The fraction of sp³-hybridized carbons (Fsp3) is 1.00. The van der Waals surface area contributed by atoms with E-state index in [1.807, 2.05) is 0 Å². The van der Waals surface area contributed by atoms with Crippen LogP contribution in [0.4, 0.5) is 0 Å². The maximum atomic E-state index is 7.27. The summed E-state index contributed by atoms with van der Waals surface area (Å²) in [5.41, 5.74) is 0.195. The Kier molecular flexibility index (Phi) is 5.19. The Labute approximate surface area is 174 Å². The standard InChI is InChI=1S/C23H42O3Si2/c1-27(2)14-13-23(26-28(27,3)4,11-9-17-5-7-19-21(15-17)24-19)12-10-18-6-8-20-22(16-18)25-20/h17-22H,5-16H2,1-4H3. The van der Waals surface area contributed by atoms with E-state index >= 15 is 0 Å². The number of rotatable bonds is 6. The molecule has 2 aliphatic carbocycles. The third-order valence-corrected chi connectivity index (χ3v) is 26.1. The first kappa shape index (κ1) is 20.2. The average molecular weight is 423 g/mol. The first-order chi connectivity index (χ1) is 13.3. The first-order valence-electron chi connectivity index (χ1n) is 12.3. The van der Waals surface area contributed by atoms with Crippen LogP contribution in [-0.2, 0) is 13.9 Å². The Morgan fingerprint density at radius 2 is 1.29 bits per heavy atom. The van der Waals surface area contributed by atoms with Gasteiger partial charge in [-0.15, -0.1) is 0 Å². The summed E-state index contributed by atoms with van der Waals surface area (Å²) in [4.78, 5) is 0. The molecule has 5 rings (SSSR count). The van der Waals surface area contributed by atoms with Crippen molar-refractivity contribution in [3.05, 3.63) is 0 Å². The fourth-order valence-electron chi connectivity index (χ4n) is 6.48. The van der Waals surface area contributed by atoms with E-state index in [0.29, 0.717) is 24.4 Å². The van der Waals surface area contributed by atoms with Crippen molar-refractivity contribution in [2.24, 2.45) is 11.8 Å². The summed E-state index contributed by atoms with van der Waals surface area (Å²) in [7, 11) is -2.72. The zero-order valence-electron chi connectivity index (χ0n) is 18.7. The van der Waals surface area contributed by atoms with Crippen molar-refractivity contribution in [3.63, 3.8) is 0 Å². The van der Waals surface area contributed by atoms with E-state index in [4.69, 9.17) is 13.9 Å².